The number of nitrogens with one attached hydrogen (secondary N) is 1. The Kier molecular flexibility index (Phi) is 7.30. The molecule has 0 aromatic heterocycles. The van der Waals surface area contributed by atoms with Crippen molar-refractivity contribution < 1.29 is 14.2 Å². The first-order valence-corrected chi connectivity index (χ1v) is 6.73. The Balaban J connectivity index is 2.73. The van der Waals surface area contributed by atoms with Crippen molar-refractivity contribution in [3.8, 4) is 11.5 Å². The Hall–Kier alpha value is -1.26. The largest absolute Gasteiger partial charge is 0.497 e. The first kappa shape index (κ1) is 15.8. The maximum absolute atomic E-state index is 5.45. The van der Waals surface area contributed by atoms with E-state index in [1.54, 1.807) is 14.2 Å². The van der Waals surface area contributed by atoms with E-state index in [1.807, 2.05) is 26.1 Å². The molecule has 1 rings (SSSR count). The zero-order chi connectivity index (χ0) is 14.1. The van der Waals surface area contributed by atoms with Crippen molar-refractivity contribution in [2.24, 2.45) is 0 Å². The molecule has 4 nitrogen and oxygen atoms in total. The molecule has 0 radical (unpaired) electrons. The lowest BCUT2D eigenvalue weighted by Gasteiger charge is -2.20. The summed E-state index contributed by atoms with van der Waals surface area (Å²) in [5.41, 5.74) is 1.15. The highest BCUT2D eigenvalue weighted by molar-refractivity contribution is 5.42. The summed E-state index contributed by atoms with van der Waals surface area (Å²) in [7, 11) is 5.31. The number of methoxy groups -OCH3 is 2. The fourth-order valence-electron chi connectivity index (χ4n) is 2.10. The van der Waals surface area contributed by atoms with Crippen LogP contribution in [-0.2, 0) is 4.74 Å². The lowest BCUT2D eigenvalue weighted by molar-refractivity contribution is 0.141. The summed E-state index contributed by atoms with van der Waals surface area (Å²) < 4.78 is 16.0. The highest BCUT2D eigenvalue weighted by atomic mass is 16.5. The van der Waals surface area contributed by atoms with Gasteiger partial charge in [0.15, 0.2) is 0 Å². The molecule has 108 valence electrons. The van der Waals surface area contributed by atoms with Crippen LogP contribution in [0.25, 0.3) is 0 Å². The zero-order valence-electron chi connectivity index (χ0n) is 12.4. The molecule has 0 bridgehead atoms. The predicted octanol–water partition coefficient (Wildman–Crippen LogP) is 2.78. The molecule has 0 saturated carbocycles. The monoisotopic (exact) mass is 267 g/mol. The Morgan fingerprint density at radius 1 is 1.21 bits per heavy atom. The number of rotatable bonds is 9. The molecule has 1 atom stereocenters. The summed E-state index contributed by atoms with van der Waals surface area (Å²) in [4.78, 5) is 0. The average molecular weight is 267 g/mol. The van der Waals surface area contributed by atoms with Crippen molar-refractivity contribution >= 4 is 0 Å². The van der Waals surface area contributed by atoms with Crippen LogP contribution in [0.15, 0.2) is 18.2 Å². The molecule has 1 aromatic carbocycles. The molecule has 1 unspecified atom stereocenters. The van der Waals surface area contributed by atoms with Gasteiger partial charge in [0.1, 0.15) is 11.5 Å². The number of hydrogen-bond donors (Lipinski definition) is 1. The number of hydrogen-bond acceptors (Lipinski definition) is 4. The van der Waals surface area contributed by atoms with Crippen molar-refractivity contribution in [2.45, 2.75) is 25.8 Å². The van der Waals surface area contributed by atoms with Gasteiger partial charge in [-0.05, 0) is 32.9 Å². The second kappa shape index (κ2) is 8.77. The van der Waals surface area contributed by atoms with E-state index >= 15 is 0 Å². The molecular weight excluding hydrogens is 242 g/mol. The molecule has 1 aromatic rings. The third kappa shape index (κ3) is 4.73. The maximum Gasteiger partial charge on any atom is 0.127 e. The van der Waals surface area contributed by atoms with E-state index in [9.17, 15) is 0 Å². The van der Waals surface area contributed by atoms with Gasteiger partial charge in [0.05, 0.1) is 14.2 Å². The van der Waals surface area contributed by atoms with Gasteiger partial charge in [-0.3, -0.25) is 0 Å². The van der Waals surface area contributed by atoms with Crippen LogP contribution in [0.4, 0.5) is 0 Å². The van der Waals surface area contributed by atoms with Gasteiger partial charge < -0.3 is 19.5 Å². The van der Waals surface area contributed by atoms with E-state index in [0.717, 1.165) is 43.1 Å². The molecular formula is C15H25NO3. The number of ether oxygens (including phenoxy) is 3. The number of benzene rings is 1. The summed E-state index contributed by atoms with van der Waals surface area (Å²) in [5, 5.41) is 3.33. The highest BCUT2D eigenvalue weighted by Crippen LogP contribution is 2.31. The minimum absolute atomic E-state index is 0.265. The Morgan fingerprint density at radius 3 is 2.58 bits per heavy atom. The maximum atomic E-state index is 5.45. The molecule has 0 aliphatic rings. The third-order valence-corrected chi connectivity index (χ3v) is 3.15. The fraction of sp³-hybridized carbons (Fsp3) is 0.600. The lowest BCUT2D eigenvalue weighted by atomic mass is 10.0. The summed E-state index contributed by atoms with van der Waals surface area (Å²) in [6, 6.07) is 6.20. The van der Waals surface area contributed by atoms with Crippen LogP contribution in [0.3, 0.4) is 0 Å². The van der Waals surface area contributed by atoms with Gasteiger partial charge in [-0.15, -0.1) is 0 Å². The molecule has 0 saturated heterocycles. The summed E-state index contributed by atoms with van der Waals surface area (Å²) in [6.07, 6.45) is 2.04. The molecule has 0 heterocycles. The smallest absolute Gasteiger partial charge is 0.127 e. The Labute approximate surface area is 116 Å². The quantitative estimate of drug-likeness (QED) is 0.698. The molecule has 0 fully saturated rings. The van der Waals surface area contributed by atoms with Crippen LogP contribution in [-0.4, -0.2) is 34.5 Å². The van der Waals surface area contributed by atoms with Crippen molar-refractivity contribution in [3.05, 3.63) is 23.8 Å². The summed E-state index contributed by atoms with van der Waals surface area (Å²) in [6.45, 7) is 3.59. The average Bonchev–Trinajstić information content (AvgIpc) is 2.47. The van der Waals surface area contributed by atoms with Gasteiger partial charge in [-0.1, -0.05) is 6.07 Å². The minimum atomic E-state index is 0.265. The van der Waals surface area contributed by atoms with E-state index in [0.29, 0.717) is 0 Å². The Bertz CT molecular complexity index is 368. The van der Waals surface area contributed by atoms with Crippen LogP contribution < -0.4 is 14.8 Å². The van der Waals surface area contributed by atoms with Gasteiger partial charge in [-0.25, -0.2) is 0 Å². The molecule has 0 spiro atoms. The van der Waals surface area contributed by atoms with E-state index < -0.39 is 0 Å². The summed E-state index contributed by atoms with van der Waals surface area (Å²) >= 11 is 0. The van der Waals surface area contributed by atoms with Crippen LogP contribution in [0.1, 0.15) is 31.4 Å². The Morgan fingerprint density at radius 2 is 2.00 bits per heavy atom. The van der Waals surface area contributed by atoms with Gasteiger partial charge >= 0.3 is 0 Å². The second-order valence-corrected chi connectivity index (χ2v) is 4.29. The van der Waals surface area contributed by atoms with Crippen LogP contribution >= 0.6 is 0 Å². The highest BCUT2D eigenvalue weighted by Gasteiger charge is 2.14. The zero-order valence-corrected chi connectivity index (χ0v) is 12.4. The minimum Gasteiger partial charge on any atom is -0.497 e. The summed E-state index contributed by atoms with van der Waals surface area (Å²) in [5.74, 6) is 1.67. The normalized spacial score (nSPS) is 12.2. The van der Waals surface area contributed by atoms with Gasteiger partial charge in [-0.2, -0.15) is 0 Å². The standard InChI is InChI=1S/C15H25NO3/c1-5-19-10-6-7-14(16-2)13-9-8-12(17-3)11-15(13)18-4/h8-9,11,14,16H,5-7,10H2,1-4H3. The van der Waals surface area contributed by atoms with Crippen molar-refractivity contribution in [1.82, 2.24) is 5.32 Å². The van der Waals surface area contributed by atoms with Gasteiger partial charge in [0, 0.05) is 30.9 Å². The first-order chi connectivity index (χ1) is 9.26. The third-order valence-electron chi connectivity index (χ3n) is 3.15. The predicted molar refractivity (Wildman–Crippen MR) is 77.1 cm³/mol. The molecule has 4 heteroatoms. The molecule has 19 heavy (non-hydrogen) atoms. The van der Waals surface area contributed by atoms with Crippen LogP contribution in [0, 0.1) is 0 Å². The SMILES string of the molecule is CCOCCCC(NC)c1ccc(OC)cc1OC. The van der Waals surface area contributed by atoms with E-state index in [1.165, 1.54) is 0 Å². The topological polar surface area (TPSA) is 39.7 Å². The molecule has 0 aliphatic heterocycles. The van der Waals surface area contributed by atoms with E-state index in [2.05, 4.69) is 11.4 Å². The van der Waals surface area contributed by atoms with Crippen molar-refractivity contribution in [1.29, 1.82) is 0 Å². The molecule has 0 aliphatic carbocycles. The van der Waals surface area contributed by atoms with E-state index in [-0.39, 0.29) is 6.04 Å². The molecule has 0 amide bonds. The lowest BCUT2D eigenvalue weighted by Crippen LogP contribution is -2.17. The second-order valence-electron chi connectivity index (χ2n) is 4.29. The van der Waals surface area contributed by atoms with Gasteiger partial charge in [0.2, 0.25) is 0 Å². The van der Waals surface area contributed by atoms with Crippen molar-refractivity contribution in [2.75, 3.05) is 34.5 Å². The first-order valence-electron chi connectivity index (χ1n) is 6.73. The van der Waals surface area contributed by atoms with Crippen LogP contribution in [0.2, 0.25) is 0 Å². The van der Waals surface area contributed by atoms with Crippen LogP contribution in [0.5, 0.6) is 11.5 Å². The van der Waals surface area contributed by atoms with E-state index in [4.69, 9.17) is 14.2 Å². The van der Waals surface area contributed by atoms with Gasteiger partial charge in [0.25, 0.3) is 0 Å². The van der Waals surface area contributed by atoms with Crippen molar-refractivity contribution in [3.63, 3.8) is 0 Å². The molecule has 1 N–H and O–H groups in total. The fourth-order valence-corrected chi connectivity index (χ4v) is 2.10.